The van der Waals surface area contributed by atoms with Crippen LogP contribution in [-0.2, 0) is 0 Å². The van der Waals surface area contributed by atoms with Crippen molar-refractivity contribution in [3.8, 4) is 11.4 Å². The summed E-state index contributed by atoms with van der Waals surface area (Å²) < 4.78 is 7.57. The summed E-state index contributed by atoms with van der Waals surface area (Å²) in [6.45, 7) is 0. The highest BCUT2D eigenvalue weighted by atomic mass is 32.1. The molecule has 0 saturated heterocycles. The molecule has 0 unspecified atom stereocenters. The number of hydrogen-bond acceptors (Lipinski definition) is 1. The minimum absolute atomic E-state index is 1.19. The van der Waals surface area contributed by atoms with Gasteiger partial charge in [0.05, 0.1) is 26.8 Å². The third kappa shape index (κ3) is 2.85. The van der Waals surface area contributed by atoms with E-state index in [0.29, 0.717) is 0 Å². The van der Waals surface area contributed by atoms with E-state index in [1.807, 2.05) is 11.3 Å². The van der Waals surface area contributed by atoms with Crippen LogP contribution in [0, 0.1) is 0 Å². The number of para-hydroxylation sites is 3. The molecular formula is C36H22N2S. The minimum Gasteiger partial charge on any atom is -0.309 e. The molecule has 0 bridgehead atoms. The van der Waals surface area contributed by atoms with Crippen molar-refractivity contribution in [3.63, 3.8) is 0 Å². The largest absolute Gasteiger partial charge is 0.309 e. The molecule has 0 spiro atoms. The molecule has 182 valence electrons. The number of rotatable bonds is 2. The normalized spacial score (nSPS) is 12.1. The first kappa shape index (κ1) is 21.1. The van der Waals surface area contributed by atoms with Crippen molar-refractivity contribution in [1.29, 1.82) is 0 Å². The summed E-state index contributed by atoms with van der Waals surface area (Å²) in [5.41, 5.74) is 7.43. The molecular weight excluding hydrogens is 492 g/mol. The molecule has 0 saturated carbocycles. The average Bonchev–Trinajstić information content (AvgIpc) is 3.64. The molecule has 9 aromatic rings. The van der Waals surface area contributed by atoms with Crippen LogP contribution in [0.1, 0.15) is 0 Å². The van der Waals surface area contributed by atoms with Crippen molar-refractivity contribution in [2.24, 2.45) is 0 Å². The molecule has 3 heteroatoms. The quantitative estimate of drug-likeness (QED) is 0.217. The van der Waals surface area contributed by atoms with Crippen molar-refractivity contribution in [3.05, 3.63) is 133 Å². The number of hydrogen-bond donors (Lipinski definition) is 0. The molecule has 0 N–H and O–H groups in total. The van der Waals surface area contributed by atoms with Gasteiger partial charge in [0.2, 0.25) is 0 Å². The van der Waals surface area contributed by atoms with Crippen LogP contribution in [-0.4, -0.2) is 9.13 Å². The summed E-state index contributed by atoms with van der Waals surface area (Å²) in [6.07, 6.45) is 0. The van der Waals surface area contributed by atoms with Gasteiger partial charge in [0.25, 0.3) is 0 Å². The van der Waals surface area contributed by atoms with Gasteiger partial charge in [0.1, 0.15) is 0 Å². The minimum atomic E-state index is 1.19. The third-order valence-electron chi connectivity index (χ3n) is 8.08. The molecule has 0 aliphatic carbocycles. The molecule has 0 atom stereocenters. The Labute approximate surface area is 228 Å². The van der Waals surface area contributed by atoms with Crippen molar-refractivity contribution in [2.45, 2.75) is 0 Å². The van der Waals surface area contributed by atoms with E-state index in [2.05, 4.69) is 143 Å². The van der Waals surface area contributed by atoms with Gasteiger partial charge in [-0.1, -0.05) is 84.9 Å². The first-order chi connectivity index (χ1) is 19.4. The highest BCUT2D eigenvalue weighted by Gasteiger charge is 2.22. The van der Waals surface area contributed by atoms with Crippen molar-refractivity contribution >= 4 is 75.1 Å². The van der Waals surface area contributed by atoms with Crippen LogP contribution < -0.4 is 0 Å². The fourth-order valence-corrected chi connectivity index (χ4v) is 7.79. The van der Waals surface area contributed by atoms with E-state index in [4.69, 9.17) is 0 Å². The van der Waals surface area contributed by atoms with Gasteiger partial charge in [0.15, 0.2) is 0 Å². The molecule has 0 amide bonds. The number of thiophene rings is 1. The molecule has 0 aliphatic rings. The topological polar surface area (TPSA) is 9.86 Å². The summed E-state index contributed by atoms with van der Waals surface area (Å²) in [4.78, 5) is 0. The Hall–Kier alpha value is -4.86. The molecule has 9 rings (SSSR count). The number of aromatic nitrogens is 2. The van der Waals surface area contributed by atoms with Gasteiger partial charge >= 0.3 is 0 Å². The second kappa shape index (κ2) is 7.83. The Bertz CT molecular complexity index is 2390. The molecule has 2 nitrogen and oxygen atoms in total. The van der Waals surface area contributed by atoms with Gasteiger partial charge in [-0.2, -0.15) is 0 Å². The Balaban J connectivity index is 1.45. The van der Waals surface area contributed by atoms with E-state index in [-0.39, 0.29) is 0 Å². The molecule has 6 aromatic carbocycles. The van der Waals surface area contributed by atoms with Crippen LogP contribution in [0.15, 0.2) is 133 Å². The molecule has 0 aliphatic heterocycles. The van der Waals surface area contributed by atoms with Gasteiger partial charge in [-0.25, -0.2) is 0 Å². The fraction of sp³-hybridized carbons (Fsp3) is 0. The zero-order valence-corrected chi connectivity index (χ0v) is 21.8. The molecule has 0 radical (unpaired) electrons. The Morgan fingerprint density at radius 2 is 1.10 bits per heavy atom. The lowest BCUT2D eigenvalue weighted by atomic mass is 10.1. The van der Waals surface area contributed by atoms with Crippen LogP contribution in [0.4, 0.5) is 0 Å². The van der Waals surface area contributed by atoms with Crippen LogP contribution in [0.2, 0.25) is 0 Å². The lowest BCUT2D eigenvalue weighted by molar-refractivity contribution is 1.18. The van der Waals surface area contributed by atoms with E-state index < -0.39 is 0 Å². The fourth-order valence-electron chi connectivity index (χ4n) is 6.42. The van der Waals surface area contributed by atoms with E-state index in [9.17, 15) is 0 Å². The van der Waals surface area contributed by atoms with E-state index in [1.165, 1.54) is 75.2 Å². The maximum absolute atomic E-state index is 2.44. The smallest absolute Gasteiger partial charge is 0.0727 e. The summed E-state index contributed by atoms with van der Waals surface area (Å²) in [7, 11) is 0. The zero-order valence-electron chi connectivity index (χ0n) is 21.0. The van der Waals surface area contributed by atoms with Gasteiger partial charge in [0, 0.05) is 37.6 Å². The van der Waals surface area contributed by atoms with Gasteiger partial charge in [-0.05, 0) is 59.3 Å². The first-order valence-electron chi connectivity index (χ1n) is 13.3. The van der Waals surface area contributed by atoms with Crippen LogP contribution in [0.5, 0.6) is 0 Å². The SMILES string of the molecule is c1ccc(-n2c3ccccc3c3sc4c(ccc5c4c4ccccc4n5-c4ccc5ccccc5c4)c32)cc1. The van der Waals surface area contributed by atoms with E-state index in [0.717, 1.165) is 0 Å². The monoisotopic (exact) mass is 514 g/mol. The predicted octanol–water partition coefficient (Wildman–Crippen LogP) is 10.2. The first-order valence-corrected chi connectivity index (χ1v) is 14.1. The maximum atomic E-state index is 2.44. The average molecular weight is 515 g/mol. The number of benzene rings is 6. The van der Waals surface area contributed by atoms with Crippen LogP contribution in [0.3, 0.4) is 0 Å². The lowest BCUT2D eigenvalue weighted by Crippen LogP contribution is -1.94. The second-order valence-corrected chi connectivity index (χ2v) is 11.2. The van der Waals surface area contributed by atoms with Crippen LogP contribution in [0.25, 0.3) is 75.2 Å². The summed E-state index contributed by atoms with van der Waals surface area (Å²) in [5.74, 6) is 0. The Morgan fingerprint density at radius 3 is 1.95 bits per heavy atom. The highest BCUT2D eigenvalue weighted by molar-refractivity contribution is 7.27. The predicted molar refractivity (Wildman–Crippen MR) is 168 cm³/mol. The van der Waals surface area contributed by atoms with Gasteiger partial charge in [-0.3, -0.25) is 0 Å². The maximum Gasteiger partial charge on any atom is 0.0727 e. The Kier molecular flexibility index (Phi) is 4.24. The summed E-state index contributed by atoms with van der Waals surface area (Å²) >= 11 is 1.93. The van der Waals surface area contributed by atoms with Crippen LogP contribution >= 0.6 is 11.3 Å². The Morgan fingerprint density at radius 1 is 0.410 bits per heavy atom. The van der Waals surface area contributed by atoms with E-state index in [1.54, 1.807) is 0 Å². The molecule has 0 fully saturated rings. The van der Waals surface area contributed by atoms with Crippen molar-refractivity contribution in [1.82, 2.24) is 9.13 Å². The van der Waals surface area contributed by atoms with Crippen molar-refractivity contribution in [2.75, 3.05) is 0 Å². The highest BCUT2D eigenvalue weighted by Crippen LogP contribution is 2.47. The summed E-state index contributed by atoms with van der Waals surface area (Å²) in [5, 5.41) is 7.77. The summed E-state index contributed by atoms with van der Waals surface area (Å²) in [6, 6.07) is 48.5. The second-order valence-electron chi connectivity index (χ2n) is 10.2. The molecule has 3 aromatic heterocycles. The van der Waals surface area contributed by atoms with E-state index >= 15 is 0 Å². The molecule has 3 heterocycles. The lowest BCUT2D eigenvalue weighted by Gasteiger charge is -2.10. The standard InChI is InChI=1S/C36H22N2S/c1-2-12-25(13-3-1)38-31-17-9-7-15-28(31)36-34(38)29-20-21-32-33(35(29)39-36)27-14-6-8-16-30(27)37(32)26-19-18-23-10-4-5-11-24(23)22-26/h1-22H. The number of nitrogens with zero attached hydrogens (tertiary/aromatic N) is 2. The molecule has 39 heavy (non-hydrogen) atoms. The number of fused-ring (bicyclic) bond motifs is 10. The third-order valence-corrected chi connectivity index (χ3v) is 9.33. The van der Waals surface area contributed by atoms with Gasteiger partial charge < -0.3 is 9.13 Å². The van der Waals surface area contributed by atoms with Crippen molar-refractivity contribution < 1.29 is 0 Å². The van der Waals surface area contributed by atoms with Gasteiger partial charge in [-0.15, -0.1) is 11.3 Å². The zero-order chi connectivity index (χ0) is 25.5.